The van der Waals surface area contributed by atoms with Gasteiger partial charge >= 0.3 is 0 Å². The quantitative estimate of drug-likeness (QED) is 0.206. The number of aromatic nitrogens is 2. The Bertz CT molecular complexity index is 1180. The van der Waals surface area contributed by atoms with Crippen molar-refractivity contribution < 1.29 is 9.53 Å². The zero-order chi connectivity index (χ0) is 23.2. The largest absolute Gasteiger partial charge is 0.497 e. The smallest absolute Gasteiger partial charge is 0.229 e. The summed E-state index contributed by atoms with van der Waals surface area (Å²) < 4.78 is 6.36. The monoisotopic (exact) mass is 477 g/mol. The topological polar surface area (TPSA) is 55.3 Å². The zero-order valence-electron chi connectivity index (χ0n) is 19.1. The number of aryl methyl sites for hydroxylation is 2. The minimum atomic E-state index is 0.0940. The summed E-state index contributed by atoms with van der Waals surface area (Å²) >= 11 is 3.35. The van der Waals surface area contributed by atoms with E-state index in [0.717, 1.165) is 44.4 Å². The van der Waals surface area contributed by atoms with E-state index in [1.54, 1.807) is 42.6 Å². The molecule has 0 atom stereocenters. The van der Waals surface area contributed by atoms with Gasteiger partial charge in [-0.3, -0.25) is 14.7 Å². The van der Waals surface area contributed by atoms with Crippen LogP contribution in [0.15, 0.2) is 65.8 Å². The van der Waals surface area contributed by atoms with Crippen LogP contribution in [0.3, 0.4) is 0 Å². The molecule has 0 spiro atoms. The maximum Gasteiger partial charge on any atom is 0.229 e. The molecule has 5 nitrogen and oxygen atoms in total. The highest BCUT2D eigenvalue weighted by atomic mass is 32.2. The van der Waals surface area contributed by atoms with Gasteiger partial charge in [-0.05, 0) is 79.1 Å². The van der Waals surface area contributed by atoms with E-state index in [2.05, 4.69) is 31.0 Å². The first-order valence-electron chi connectivity index (χ1n) is 10.9. The van der Waals surface area contributed by atoms with Crippen molar-refractivity contribution in [3.63, 3.8) is 0 Å². The Morgan fingerprint density at radius 3 is 2.45 bits per heavy atom. The summed E-state index contributed by atoms with van der Waals surface area (Å²) in [5.74, 6) is 1.82. The molecule has 4 rings (SSSR count). The van der Waals surface area contributed by atoms with Crippen LogP contribution in [0.4, 0.5) is 5.13 Å². The minimum absolute atomic E-state index is 0.0940. The van der Waals surface area contributed by atoms with Crippen LogP contribution in [0.25, 0.3) is 10.2 Å². The molecule has 0 unspecified atom stereocenters. The molecule has 0 aliphatic carbocycles. The number of carbonyl (C=O) groups excluding carboxylic acids is 1. The van der Waals surface area contributed by atoms with Crippen molar-refractivity contribution in [2.45, 2.75) is 38.1 Å². The number of anilines is 1. The van der Waals surface area contributed by atoms with Crippen LogP contribution in [-0.2, 0) is 11.3 Å². The normalized spacial score (nSPS) is 11.0. The van der Waals surface area contributed by atoms with E-state index in [9.17, 15) is 4.79 Å². The molecule has 0 saturated heterocycles. The summed E-state index contributed by atoms with van der Waals surface area (Å²) in [6, 6.07) is 16.1. The molecular weight excluding hydrogens is 450 g/mol. The van der Waals surface area contributed by atoms with Gasteiger partial charge in [0.05, 0.1) is 23.9 Å². The van der Waals surface area contributed by atoms with Gasteiger partial charge in [0.1, 0.15) is 5.75 Å². The number of amides is 1. The number of nitrogens with zero attached hydrogens (tertiary/aromatic N) is 3. The number of benzene rings is 2. The third-order valence-electron chi connectivity index (χ3n) is 5.42. The van der Waals surface area contributed by atoms with E-state index in [0.29, 0.717) is 13.0 Å². The van der Waals surface area contributed by atoms with Gasteiger partial charge in [-0.15, -0.1) is 11.8 Å². The molecule has 2 heterocycles. The second kappa shape index (κ2) is 10.8. The first-order valence-corrected chi connectivity index (χ1v) is 12.7. The molecule has 0 aliphatic rings. The molecule has 33 heavy (non-hydrogen) atoms. The number of pyridine rings is 1. The predicted molar refractivity (Wildman–Crippen MR) is 137 cm³/mol. The van der Waals surface area contributed by atoms with E-state index < -0.39 is 0 Å². The second-order valence-electron chi connectivity index (χ2n) is 7.84. The number of methoxy groups -OCH3 is 1. The average molecular weight is 478 g/mol. The molecule has 0 N–H and O–H groups in total. The fraction of sp³-hybridized carbons (Fsp3) is 0.269. The number of fused-ring (bicyclic) bond motifs is 1. The third-order valence-corrected chi connectivity index (χ3v) is 7.73. The Morgan fingerprint density at radius 1 is 1.03 bits per heavy atom. The van der Waals surface area contributed by atoms with Crippen LogP contribution in [0.5, 0.6) is 5.75 Å². The van der Waals surface area contributed by atoms with Crippen LogP contribution in [-0.4, -0.2) is 28.7 Å². The van der Waals surface area contributed by atoms with Gasteiger partial charge in [0.2, 0.25) is 5.91 Å². The number of thiazole rings is 1. The fourth-order valence-electron chi connectivity index (χ4n) is 3.52. The highest BCUT2D eigenvalue weighted by Crippen LogP contribution is 2.34. The summed E-state index contributed by atoms with van der Waals surface area (Å²) in [4.78, 5) is 25.3. The van der Waals surface area contributed by atoms with E-state index in [4.69, 9.17) is 9.72 Å². The minimum Gasteiger partial charge on any atom is -0.497 e. The van der Waals surface area contributed by atoms with Gasteiger partial charge < -0.3 is 4.74 Å². The number of carbonyl (C=O) groups is 1. The molecule has 7 heteroatoms. The Hall–Kier alpha value is -2.90. The average Bonchev–Trinajstić information content (AvgIpc) is 3.30. The van der Waals surface area contributed by atoms with E-state index in [1.165, 1.54) is 10.5 Å². The molecule has 0 bridgehead atoms. The lowest BCUT2D eigenvalue weighted by atomic mass is 10.1. The number of hydrogen-bond donors (Lipinski definition) is 0. The molecule has 0 saturated carbocycles. The molecule has 0 aliphatic heterocycles. The molecule has 2 aromatic heterocycles. The summed E-state index contributed by atoms with van der Waals surface area (Å²) in [5, 5.41) is 0.756. The number of thioether (sulfide) groups is 1. The van der Waals surface area contributed by atoms with Crippen LogP contribution in [0.1, 0.15) is 29.5 Å². The van der Waals surface area contributed by atoms with Crippen LogP contribution < -0.4 is 9.64 Å². The van der Waals surface area contributed by atoms with Gasteiger partial charge in [0.15, 0.2) is 5.13 Å². The van der Waals surface area contributed by atoms with Crippen molar-refractivity contribution in [1.29, 1.82) is 0 Å². The van der Waals surface area contributed by atoms with Crippen LogP contribution in [0, 0.1) is 13.8 Å². The van der Waals surface area contributed by atoms with Crippen molar-refractivity contribution in [3.8, 4) is 5.75 Å². The summed E-state index contributed by atoms with van der Waals surface area (Å²) in [7, 11) is 1.67. The first-order chi connectivity index (χ1) is 16.0. The molecule has 4 aromatic rings. The van der Waals surface area contributed by atoms with E-state index in [1.807, 2.05) is 41.3 Å². The molecule has 0 fully saturated rings. The van der Waals surface area contributed by atoms with Crippen molar-refractivity contribution in [2.75, 3.05) is 17.8 Å². The Kier molecular flexibility index (Phi) is 7.62. The Labute approximate surface area is 202 Å². The van der Waals surface area contributed by atoms with Gasteiger partial charge in [-0.2, -0.15) is 0 Å². The lowest BCUT2D eigenvalue weighted by molar-refractivity contribution is -0.118. The Morgan fingerprint density at radius 2 is 1.76 bits per heavy atom. The number of hydrogen-bond acceptors (Lipinski definition) is 6. The lowest BCUT2D eigenvalue weighted by Gasteiger charge is -2.20. The van der Waals surface area contributed by atoms with Crippen molar-refractivity contribution in [3.05, 3.63) is 77.6 Å². The Balaban J connectivity index is 1.47. The number of rotatable bonds is 9. The maximum atomic E-state index is 13.3. The molecule has 1 amide bonds. The predicted octanol–water partition coefficient (Wildman–Crippen LogP) is 6.42. The van der Waals surface area contributed by atoms with Crippen LogP contribution in [0.2, 0.25) is 0 Å². The van der Waals surface area contributed by atoms with E-state index >= 15 is 0 Å². The van der Waals surface area contributed by atoms with E-state index in [-0.39, 0.29) is 5.91 Å². The van der Waals surface area contributed by atoms with Gasteiger partial charge in [0, 0.05) is 23.7 Å². The number of ether oxygens (including phenoxy) is 1. The summed E-state index contributed by atoms with van der Waals surface area (Å²) in [6.45, 7) is 4.65. The summed E-state index contributed by atoms with van der Waals surface area (Å²) in [6.07, 6.45) is 4.79. The zero-order valence-corrected chi connectivity index (χ0v) is 20.7. The van der Waals surface area contributed by atoms with Gasteiger partial charge in [-0.25, -0.2) is 4.98 Å². The third kappa shape index (κ3) is 5.72. The highest BCUT2D eigenvalue weighted by Gasteiger charge is 2.21. The van der Waals surface area contributed by atoms with Crippen molar-refractivity contribution in [2.24, 2.45) is 0 Å². The SMILES string of the molecule is COc1ccc(SCCCC(=O)N(Cc2ccncc2)c2nc3c(C)ccc(C)c3s2)cc1. The van der Waals surface area contributed by atoms with Crippen LogP contribution >= 0.6 is 23.1 Å². The standard InChI is InChI=1S/C26H27N3O2S2/c1-18-6-7-19(2)25-24(18)28-26(33-25)29(17-20-12-14-27-15-13-20)23(30)5-4-16-32-22-10-8-21(31-3)9-11-22/h6-15H,4-5,16-17H2,1-3H3. The highest BCUT2D eigenvalue weighted by molar-refractivity contribution is 7.99. The van der Waals surface area contributed by atoms with Crippen molar-refractivity contribution >= 4 is 44.4 Å². The molecule has 2 aromatic carbocycles. The maximum absolute atomic E-state index is 13.3. The van der Waals surface area contributed by atoms with Gasteiger partial charge in [0.25, 0.3) is 0 Å². The second-order valence-corrected chi connectivity index (χ2v) is 9.98. The van der Waals surface area contributed by atoms with Crippen molar-refractivity contribution in [1.82, 2.24) is 9.97 Å². The molecular formula is C26H27N3O2S2. The summed E-state index contributed by atoms with van der Waals surface area (Å²) in [5.41, 5.74) is 4.34. The molecule has 170 valence electrons. The first kappa shape index (κ1) is 23.3. The van der Waals surface area contributed by atoms with Gasteiger partial charge in [-0.1, -0.05) is 23.5 Å². The lowest BCUT2D eigenvalue weighted by Crippen LogP contribution is -2.30. The fourth-order valence-corrected chi connectivity index (χ4v) is 5.50. The molecule has 0 radical (unpaired) electrons.